The zero-order valence-electron chi connectivity index (χ0n) is 11.0. The van der Waals surface area contributed by atoms with Gasteiger partial charge >= 0.3 is 0 Å². The lowest BCUT2D eigenvalue weighted by atomic mass is 10.2. The first-order chi connectivity index (χ1) is 9.40. The molecule has 0 spiro atoms. The van der Waals surface area contributed by atoms with Crippen LogP contribution < -0.4 is 10.5 Å². The lowest BCUT2D eigenvalue weighted by molar-refractivity contribution is 0.565. The van der Waals surface area contributed by atoms with Crippen LogP contribution in [-0.4, -0.2) is 25.3 Å². The minimum atomic E-state index is -3.67. The number of rotatable bonds is 5. The van der Waals surface area contributed by atoms with Crippen molar-refractivity contribution >= 4 is 26.8 Å². The molecule has 106 valence electrons. The number of fused-ring (bicyclic) bond motifs is 1. The maximum atomic E-state index is 12.4. The second kappa shape index (κ2) is 5.56. The van der Waals surface area contributed by atoms with Gasteiger partial charge in [0.15, 0.2) is 0 Å². The molecule has 0 bridgehead atoms. The summed E-state index contributed by atoms with van der Waals surface area (Å²) in [6, 6.07) is 7.91. The number of amidine groups is 1. The Kier molecular flexibility index (Phi) is 4.01. The van der Waals surface area contributed by atoms with Crippen LogP contribution in [0, 0.1) is 5.41 Å². The van der Waals surface area contributed by atoms with Crippen molar-refractivity contribution < 1.29 is 8.42 Å². The van der Waals surface area contributed by atoms with E-state index in [2.05, 4.69) is 9.71 Å². The van der Waals surface area contributed by atoms with E-state index in [1.807, 2.05) is 0 Å². The lowest BCUT2D eigenvalue weighted by Crippen LogP contribution is -2.35. The smallest absolute Gasteiger partial charge is 0.241 e. The van der Waals surface area contributed by atoms with Crippen LogP contribution in [0.5, 0.6) is 0 Å². The molecule has 1 unspecified atom stereocenters. The molecule has 0 amide bonds. The summed E-state index contributed by atoms with van der Waals surface area (Å²) >= 11 is 0. The molecule has 0 radical (unpaired) electrons. The van der Waals surface area contributed by atoms with E-state index in [9.17, 15) is 8.42 Å². The molecule has 0 saturated carbocycles. The van der Waals surface area contributed by atoms with Gasteiger partial charge in [-0.15, -0.1) is 0 Å². The van der Waals surface area contributed by atoms with Crippen molar-refractivity contribution in [3.63, 3.8) is 0 Å². The van der Waals surface area contributed by atoms with E-state index >= 15 is 0 Å². The monoisotopic (exact) mass is 292 g/mol. The molecule has 2 aromatic rings. The lowest BCUT2D eigenvalue weighted by Gasteiger charge is -2.14. The molecule has 0 aliphatic heterocycles. The van der Waals surface area contributed by atoms with Crippen LogP contribution in [0.4, 0.5) is 0 Å². The van der Waals surface area contributed by atoms with E-state index in [-0.39, 0.29) is 17.2 Å². The molecule has 1 atom stereocenters. The number of nitrogens with zero attached hydrogens (tertiary/aromatic N) is 1. The Bertz CT molecular complexity index is 738. The van der Waals surface area contributed by atoms with Crippen molar-refractivity contribution in [3.05, 3.63) is 36.5 Å². The minimum Gasteiger partial charge on any atom is -0.388 e. The summed E-state index contributed by atoms with van der Waals surface area (Å²) in [5, 5.41) is 7.77. The molecule has 1 aromatic heterocycles. The fraction of sp³-hybridized carbons (Fsp3) is 0.231. The number of nitrogens with one attached hydrogen (secondary N) is 2. The molecule has 0 aliphatic carbocycles. The first-order valence-electron chi connectivity index (χ1n) is 6.09. The number of aromatic nitrogens is 1. The van der Waals surface area contributed by atoms with Gasteiger partial charge in [-0.2, -0.15) is 0 Å². The fourth-order valence-corrected chi connectivity index (χ4v) is 3.47. The van der Waals surface area contributed by atoms with Crippen LogP contribution in [0.3, 0.4) is 0 Å². The Balaban J connectivity index is 2.39. The predicted molar refractivity (Wildman–Crippen MR) is 78.1 cm³/mol. The zero-order chi connectivity index (χ0) is 14.8. The largest absolute Gasteiger partial charge is 0.388 e. The quantitative estimate of drug-likeness (QED) is 0.568. The average molecular weight is 292 g/mol. The number of nitrogens with two attached hydrogens (primary N) is 1. The Morgan fingerprint density at radius 1 is 1.40 bits per heavy atom. The van der Waals surface area contributed by atoms with Crippen LogP contribution in [0.2, 0.25) is 0 Å². The molecule has 1 aromatic carbocycles. The molecule has 6 nitrogen and oxygen atoms in total. The Labute approximate surface area is 117 Å². The number of pyridine rings is 1. The minimum absolute atomic E-state index is 0.0558. The molecule has 0 aliphatic rings. The van der Waals surface area contributed by atoms with Crippen LogP contribution in [0.15, 0.2) is 41.4 Å². The number of benzene rings is 1. The summed E-state index contributed by atoms with van der Waals surface area (Å²) < 4.78 is 27.3. The van der Waals surface area contributed by atoms with Crippen molar-refractivity contribution in [1.29, 1.82) is 5.41 Å². The summed E-state index contributed by atoms with van der Waals surface area (Å²) in [6.07, 6.45) is 1.78. The van der Waals surface area contributed by atoms with Gasteiger partial charge in [-0.1, -0.05) is 6.07 Å². The summed E-state index contributed by atoms with van der Waals surface area (Å²) in [4.78, 5) is 4.32. The first kappa shape index (κ1) is 14.4. The van der Waals surface area contributed by atoms with Crippen molar-refractivity contribution in [2.45, 2.75) is 24.3 Å². The third-order valence-corrected chi connectivity index (χ3v) is 4.43. The van der Waals surface area contributed by atoms with E-state index in [0.717, 1.165) is 0 Å². The third-order valence-electron chi connectivity index (χ3n) is 2.78. The molecule has 7 heteroatoms. The second-order valence-corrected chi connectivity index (χ2v) is 6.26. The highest BCUT2D eigenvalue weighted by atomic mass is 32.2. The Morgan fingerprint density at radius 3 is 2.85 bits per heavy atom. The zero-order valence-corrected chi connectivity index (χ0v) is 11.8. The summed E-state index contributed by atoms with van der Waals surface area (Å²) in [6.45, 7) is 1.67. The van der Waals surface area contributed by atoms with Crippen LogP contribution in [-0.2, 0) is 10.0 Å². The van der Waals surface area contributed by atoms with Gasteiger partial charge in [0.1, 0.15) is 0 Å². The van der Waals surface area contributed by atoms with E-state index < -0.39 is 16.1 Å². The number of hydrogen-bond donors (Lipinski definition) is 3. The molecule has 4 N–H and O–H groups in total. The van der Waals surface area contributed by atoms with Crippen molar-refractivity contribution in [1.82, 2.24) is 9.71 Å². The predicted octanol–water partition coefficient (Wildman–Crippen LogP) is 1.23. The number of sulfonamides is 1. The molecule has 2 rings (SSSR count). The van der Waals surface area contributed by atoms with Crippen molar-refractivity contribution in [2.75, 3.05) is 0 Å². The van der Waals surface area contributed by atoms with Crippen molar-refractivity contribution in [2.24, 2.45) is 5.73 Å². The highest BCUT2D eigenvalue weighted by Gasteiger charge is 2.20. The normalized spacial score (nSPS) is 13.2. The average Bonchev–Trinajstić information content (AvgIpc) is 2.36. The second-order valence-electron chi connectivity index (χ2n) is 4.58. The maximum Gasteiger partial charge on any atom is 0.241 e. The molecule has 1 heterocycles. The van der Waals surface area contributed by atoms with Crippen LogP contribution in [0.1, 0.15) is 13.3 Å². The van der Waals surface area contributed by atoms with Gasteiger partial charge < -0.3 is 5.73 Å². The van der Waals surface area contributed by atoms with Gasteiger partial charge in [0.25, 0.3) is 0 Å². The third kappa shape index (κ3) is 3.12. The van der Waals surface area contributed by atoms with Crippen molar-refractivity contribution in [3.8, 4) is 0 Å². The molecular formula is C13H16N4O2S. The van der Waals surface area contributed by atoms with Crippen LogP contribution in [0.25, 0.3) is 10.9 Å². The fourth-order valence-electron chi connectivity index (χ4n) is 2.01. The van der Waals surface area contributed by atoms with Gasteiger partial charge in [-0.25, -0.2) is 13.1 Å². The van der Waals surface area contributed by atoms with E-state index in [4.69, 9.17) is 11.1 Å². The standard InChI is InChI=1S/C13H16N4O2S/c1-9(8-13(14)15)17-20(18,19)12-6-2-5-11-10(12)4-3-7-16-11/h2-7,9,17H,8H2,1H3,(H3,14,15). The van der Waals surface area contributed by atoms with E-state index in [1.165, 1.54) is 6.07 Å². The van der Waals surface area contributed by atoms with Gasteiger partial charge in [0.2, 0.25) is 10.0 Å². The Morgan fingerprint density at radius 2 is 2.15 bits per heavy atom. The molecule has 0 fully saturated rings. The highest BCUT2D eigenvalue weighted by molar-refractivity contribution is 7.89. The summed E-state index contributed by atoms with van der Waals surface area (Å²) in [5.74, 6) is -0.0558. The first-order valence-corrected chi connectivity index (χ1v) is 7.57. The van der Waals surface area contributed by atoms with Gasteiger partial charge in [-0.3, -0.25) is 10.4 Å². The SMILES string of the molecule is CC(CC(=N)N)NS(=O)(=O)c1cccc2ncccc12. The molecular weight excluding hydrogens is 276 g/mol. The highest BCUT2D eigenvalue weighted by Crippen LogP contribution is 2.21. The Hall–Kier alpha value is -1.99. The van der Waals surface area contributed by atoms with E-state index in [1.54, 1.807) is 37.4 Å². The topological polar surface area (TPSA) is 109 Å². The van der Waals surface area contributed by atoms with E-state index in [0.29, 0.717) is 10.9 Å². The van der Waals surface area contributed by atoms with Gasteiger partial charge in [0.05, 0.1) is 16.2 Å². The van der Waals surface area contributed by atoms with Crippen LogP contribution >= 0.6 is 0 Å². The summed E-state index contributed by atoms with van der Waals surface area (Å²) in [5.41, 5.74) is 5.90. The maximum absolute atomic E-state index is 12.4. The van der Waals surface area contributed by atoms with Gasteiger partial charge in [-0.05, 0) is 31.2 Å². The van der Waals surface area contributed by atoms with Gasteiger partial charge in [0, 0.05) is 24.0 Å². The number of hydrogen-bond acceptors (Lipinski definition) is 4. The molecule has 0 saturated heterocycles. The summed E-state index contributed by atoms with van der Waals surface area (Å²) in [7, 11) is -3.67. The molecule has 20 heavy (non-hydrogen) atoms.